The Morgan fingerprint density at radius 3 is 2.58 bits per heavy atom. The first-order chi connectivity index (χ1) is 15.6. The number of rotatable bonds is 5. The van der Waals surface area contributed by atoms with Crippen LogP contribution in [0.15, 0.2) is 42.5 Å². The Morgan fingerprint density at radius 1 is 1.12 bits per heavy atom. The van der Waals surface area contributed by atoms with E-state index in [1.807, 2.05) is 9.80 Å². The van der Waals surface area contributed by atoms with Crippen LogP contribution < -0.4 is 15.1 Å². The van der Waals surface area contributed by atoms with Crippen LogP contribution in [0.5, 0.6) is 0 Å². The van der Waals surface area contributed by atoms with E-state index in [0.717, 1.165) is 18.2 Å². The van der Waals surface area contributed by atoms with Crippen LogP contribution in [-0.2, 0) is 17.4 Å². The van der Waals surface area contributed by atoms with E-state index >= 15 is 0 Å². The summed E-state index contributed by atoms with van der Waals surface area (Å²) in [5.74, 6) is -0.587. The van der Waals surface area contributed by atoms with Gasteiger partial charge in [0.1, 0.15) is 5.82 Å². The maximum Gasteiger partial charge on any atom is 0.416 e. The van der Waals surface area contributed by atoms with Gasteiger partial charge in [-0.05, 0) is 54.7 Å². The average molecular weight is 464 g/mol. The highest BCUT2D eigenvalue weighted by Crippen LogP contribution is 2.40. The largest absolute Gasteiger partial charge is 0.416 e. The van der Waals surface area contributed by atoms with Crippen molar-refractivity contribution in [3.63, 3.8) is 0 Å². The number of alkyl halides is 3. The molecule has 8 heteroatoms. The van der Waals surface area contributed by atoms with Gasteiger partial charge in [-0.25, -0.2) is 4.39 Å². The zero-order chi connectivity index (χ0) is 23.8. The molecule has 0 unspecified atom stereocenters. The van der Waals surface area contributed by atoms with Gasteiger partial charge in [-0.2, -0.15) is 13.2 Å². The molecule has 2 aromatic rings. The van der Waals surface area contributed by atoms with E-state index in [2.05, 4.69) is 19.2 Å². The molecule has 4 nitrogen and oxygen atoms in total. The Kier molecular flexibility index (Phi) is 6.54. The lowest BCUT2D eigenvalue weighted by molar-refractivity contribution is -0.137. The van der Waals surface area contributed by atoms with Gasteiger partial charge >= 0.3 is 6.18 Å². The number of nitrogens with one attached hydrogen (secondary N) is 1. The quantitative estimate of drug-likeness (QED) is 0.643. The van der Waals surface area contributed by atoms with Crippen molar-refractivity contribution in [3.05, 3.63) is 59.4 Å². The monoisotopic (exact) mass is 463 g/mol. The lowest BCUT2D eigenvalue weighted by Gasteiger charge is -2.49. The predicted octanol–water partition coefficient (Wildman–Crippen LogP) is 4.87. The van der Waals surface area contributed by atoms with Gasteiger partial charge in [0.2, 0.25) is 5.91 Å². The van der Waals surface area contributed by atoms with Gasteiger partial charge in [0.25, 0.3) is 0 Å². The minimum atomic E-state index is -4.44. The number of para-hydroxylation sites is 1. The van der Waals surface area contributed by atoms with E-state index < -0.39 is 17.7 Å². The number of piperazine rings is 1. The number of benzene rings is 2. The summed E-state index contributed by atoms with van der Waals surface area (Å²) in [6.07, 6.45) is -3.40. The highest BCUT2D eigenvalue weighted by atomic mass is 19.4. The summed E-state index contributed by atoms with van der Waals surface area (Å²) >= 11 is 0. The standard InChI is InChI=1S/C25H29F4N3O/c1-16(2)9-10-30-24(33)19-14-17-13-18(25(27,28)29)7-8-21(17)32-12-11-31(15-23(19)32)22-6-4-3-5-20(22)26/h3-8,13,16,19,23H,9-12,14-15H2,1-2H3,(H,30,33)/t19-,23+/m1/s1. The third-order valence-corrected chi connectivity index (χ3v) is 6.59. The summed E-state index contributed by atoms with van der Waals surface area (Å²) in [5.41, 5.74) is 1.04. The molecule has 2 atom stereocenters. The van der Waals surface area contributed by atoms with E-state index in [1.165, 1.54) is 18.2 Å². The Morgan fingerprint density at radius 2 is 1.88 bits per heavy atom. The maximum atomic E-state index is 14.5. The van der Waals surface area contributed by atoms with Gasteiger partial charge in [0, 0.05) is 31.9 Å². The van der Waals surface area contributed by atoms with Gasteiger partial charge in [0.05, 0.1) is 23.2 Å². The third kappa shape index (κ3) is 4.94. The minimum Gasteiger partial charge on any atom is -0.365 e. The smallest absolute Gasteiger partial charge is 0.365 e. The summed E-state index contributed by atoms with van der Waals surface area (Å²) < 4.78 is 54.4. The molecule has 1 amide bonds. The molecule has 0 radical (unpaired) electrons. The number of carbonyl (C=O) groups excluding carboxylic acids is 1. The molecule has 2 aliphatic heterocycles. The SMILES string of the molecule is CC(C)CCNC(=O)[C@@H]1Cc2cc(C(F)(F)F)ccc2N2CCN(c3ccccc3F)C[C@@H]12. The fourth-order valence-corrected chi connectivity index (χ4v) is 4.84. The summed E-state index contributed by atoms with van der Waals surface area (Å²) in [6, 6.07) is 10.1. The van der Waals surface area contributed by atoms with Gasteiger partial charge in [-0.3, -0.25) is 4.79 Å². The molecule has 0 saturated carbocycles. The first kappa shape index (κ1) is 23.4. The zero-order valence-electron chi connectivity index (χ0n) is 18.8. The lowest BCUT2D eigenvalue weighted by atomic mass is 9.82. The molecule has 33 heavy (non-hydrogen) atoms. The fourth-order valence-electron chi connectivity index (χ4n) is 4.84. The molecule has 2 aromatic carbocycles. The number of anilines is 2. The van der Waals surface area contributed by atoms with Crippen molar-refractivity contribution < 1.29 is 22.4 Å². The number of carbonyl (C=O) groups is 1. The Labute approximate surface area is 191 Å². The zero-order valence-corrected chi connectivity index (χ0v) is 18.8. The van der Waals surface area contributed by atoms with Crippen molar-refractivity contribution in [2.45, 2.75) is 38.9 Å². The molecular weight excluding hydrogens is 434 g/mol. The summed E-state index contributed by atoms with van der Waals surface area (Å²) in [4.78, 5) is 17.1. The molecule has 2 heterocycles. The Bertz CT molecular complexity index is 1010. The lowest BCUT2D eigenvalue weighted by Crippen LogP contribution is -2.61. The Balaban J connectivity index is 1.65. The van der Waals surface area contributed by atoms with Crippen molar-refractivity contribution in [1.82, 2.24) is 5.32 Å². The van der Waals surface area contributed by atoms with Crippen LogP contribution in [0.1, 0.15) is 31.4 Å². The first-order valence-corrected chi connectivity index (χ1v) is 11.4. The van der Waals surface area contributed by atoms with Crippen LogP contribution in [0.2, 0.25) is 0 Å². The molecule has 0 spiro atoms. The highest BCUT2D eigenvalue weighted by molar-refractivity contribution is 5.82. The van der Waals surface area contributed by atoms with Crippen LogP contribution in [0, 0.1) is 17.7 Å². The van der Waals surface area contributed by atoms with Crippen LogP contribution in [-0.4, -0.2) is 38.1 Å². The molecule has 1 fully saturated rings. The highest BCUT2D eigenvalue weighted by Gasteiger charge is 2.43. The second kappa shape index (κ2) is 9.23. The summed E-state index contributed by atoms with van der Waals surface area (Å²) in [6.45, 7) is 6.08. The molecule has 178 valence electrons. The summed E-state index contributed by atoms with van der Waals surface area (Å²) in [5, 5.41) is 2.98. The molecule has 2 aliphatic rings. The van der Waals surface area contributed by atoms with E-state index in [-0.39, 0.29) is 24.2 Å². The van der Waals surface area contributed by atoms with E-state index in [0.29, 0.717) is 43.3 Å². The van der Waals surface area contributed by atoms with Gasteiger partial charge in [-0.15, -0.1) is 0 Å². The van der Waals surface area contributed by atoms with Crippen molar-refractivity contribution in [1.29, 1.82) is 0 Å². The van der Waals surface area contributed by atoms with Crippen LogP contribution in [0.4, 0.5) is 28.9 Å². The number of hydrogen-bond acceptors (Lipinski definition) is 3. The van der Waals surface area contributed by atoms with E-state index in [1.54, 1.807) is 18.2 Å². The first-order valence-electron chi connectivity index (χ1n) is 11.4. The molecule has 0 aliphatic carbocycles. The van der Waals surface area contributed by atoms with Crippen molar-refractivity contribution >= 4 is 17.3 Å². The minimum absolute atomic E-state index is 0.163. The third-order valence-electron chi connectivity index (χ3n) is 6.59. The second-order valence-corrected chi connectivity index (χ2v) is 9.28. The van der Waals surface area contributed by atoms with Gasteiger partial charge in [-0.1, -0.05) is 26.0 Å². The van der Waals surface area contributed by atoms with Crippen LogP contribution in [0.25, 0.3) is 0 Å². The van der Waals surface area contributed by atoms with Gasteiger partial charge in [0.15, 0.2) is 0 Å². The molecule has 1 saturated heterocycles. The average Bonchev–Trinajstić information content (AvgIpc) is 2.77. The van der Waals surface area contributed by atoms with Crippen molar-refractivity contribution in [2.75, 3.05) is 36.0 Å². The van der Waals surface area contributed by atoms with Gasteiger partial charge < -0.3 is 15.1 Å². The Hall–Kier alpha value is -2.77. The molecule has 0 bridgehead atoms. The van der Waals surface area contributed by atoms with Crippen LogP contribution in [0.3, 0.4) is 0 Å². The maximum absolute atomic E-state index is 14.5. The fraction of sp³-hybridized carbons (Fsp3) is 0.480. The predicted molar refractivity (Wildman–Crippen MR) is 121 cm³/mol. The number of halogens is 4. The molecular formula is C25H29F4N3O. The number of fused-ring (bicyclic) bond motifs is 3. The van der Waals surface area contributed by atoms with E-state index in [4.69, 9.17) is 0 Å². The normalized spacial score (nSPS) is 20.5. The summed E-state index contributed by atoms with van der Waals surface area (Å²) in [7, 11) is 0. The van der Waals surface area contributed by atoms with E-state index in [9.17, 15) is 22.4 Å². The number of amides is 1. The second-order valence-electron chi connectivity index (χ2n) is 9.28. The van der Waals surface area contributed by atoms with Crippen LogP contribution >= 0.6 is 0 Å². The topological polar surface area (TPSA) is 35.6 Å². The molecule has 1 N–H and O–H groups in total. The van der Waals surface area contributed by atoms with Crippen molar-refractivity contribution in [3.8, 4) is 0 Å². The number of hydrogen-bond donors (Lipinski definition) is 1. The number of nitrogens with zero attached hydrogens (tertiary/aromatic N) is 2. The van der Waals surface area contributed by atoms with Crippen molar-refractivity contribution in [2.24, 2.45) is 11.8 Å². The molecule has 0 aromatic heterocycles. The molecule has 4 rings (SSSR count).